The van der Waals surface area contributed by atoms with Crippen molar-refractivity contribution in [2.75, 3.05) is 5.75 Å². The Bertz CT molecular complexity index is 338. The molecule has 0 aliphatic carbocycles. The number of carbonyl (C=O) groups is 1. The minimum Gasteiger partial charge on any atom is -0.299 e. The van der Waals surface area contributed by atoms with Crippen molar-refractivity contribution in [3.8, 4) is 0 Å². The van der Waals surface area contributed by atoms with Crippen molar-refractivity contribution in [3.63, 3.8) is 0 Å². The highest BCUT2D eigenvalue weighted by molar-refractivity contribution is 7.99. The van der Waals surface area contributed by atoms with Gasteiger partial charge in [-0.25, -0.2) is 0 Å². The van der Waals surface area contributed by atoms with Gasteiger partial charge in [-0.15, -0.1) is 11.8 Å². The maximum absolute atomic E-state index is 11.3. The van der Waals surface area contributed by atoms with E-state index in [0.717, 1.165) is 18.6 Å². The van der Waals surface area contributed by atoms with Crippen molar-refractivity contribution in [1.82, 2.24) is 0 Å². The van der Waals surface area contributed by atoms with Crippen LogP contribution < -0.4 is 0 Å². The number of hydrogen-bond acceptors (Lipinski definition) is 2. The summed E-state index contributed by atoms with van der Waals surface area (Å²) >= 11 is 1.72. The van der Waals surface area contributed by atoms with Crippen molar-refractivity contribution in [2.24, 2.45) is 0 Å². The van der Waals surface area contributed by atoms with Crippen LogP contribution in [0.15, 0.2) is 18.2 Å². The second-order valence-electron chi connectivity index (χ2n) is 4.28. The monoisotopic (exact) mass is 236 g/mol. The maximum Gasteiger partial charge on any atom is 0.142 e. The number of hydrogen-bond donors (Lipinski definition) is 0. The standard InChI is InChI=1S/C14H20OS/c1-4-5-14(15)10-16-9-13-7-11(2)6-12(3)8-13/h6-8H,4-5,9-10H2,1-3H3. The lowest BCUT2D eigenvalue weighted by atomic mass is 10.1. The van der Waals surface area contributed by atoms with Gasteiger partial charge in [0.05, 0.1) is 5.75 Å². The van der Waals surface area contributed by atoms with Crippen molar-refractivity contribution < 1.29 is 4.79 Å². The molecule has 0 radical (unpaired) electrons. The first-order valence-electron chi connectivity index (χ1n) is 5.78. The minimum absolute atomic E-state index is 0.372. The number of benzene rings is 1. The molecule has 88 valence electrons. The van der Waals surface area contributed by atoms with Gasteiger partial charge in [-0.05, 0) is 25.8 Å². The van der Waals surface area contributed by atoms with Crippen molar-refractivity contribution >= 4 is 17.5 Å². The second-order valence-corrected chi connectivity index (χ2v) is 5.26. The summed E-state index contributed by atoms with van der Waals surface area (Å²) in [5, 5.41) is 0. The van der Waals surface area contributed by atoms with Crippen LogP contribution in [0.5, 0.6) is 0 Å². The zero-order valence-electron chi connectivity index (χ0n) is 10.4. The zero-order chi connectivity index (χ0) is 12.0. The van der Waals surface area contributed by atoms with Gasteiger partial charge in [0.15, 0.2) is 0 Å². The molecule has 0 saturated carbocycles. The van der Waals surface area contributed by atoms with Crippen LogP contribution in [0.1, 0.15) is 36.5 Å². The fraction of sp³-hybridized carbons (Fsp3) is 0.500. The molecule has 0 spiro atoms. The second kappa shape index (κ2) is 6.74. The van der Waals surface area contributed by atoms with Crippen molar-refractivity contribution in [2.45, 2.75) is 39.4 Å². The summed E-state index contributed by atoms with van der Waals surface area (Å²) in [7, 11) is 0. The molecule has 0 bridgehead atoms. The Morgan fingerprint density at radius 1 is 1.19 bits per heavy atom. The summed E-state index contributed by atoms with van der Waals surface area (Å²) in [5.41, 5.74) is 3.93. The van der Waals surface area contributed by atoms with E-state index in [9.17, 15) is 4.79 Å². The molecule has 0 atom stereocenters. The van der Waals surface area contributed by atoms with Crippen LogP contribution in [0.4, 0.5) is 0 Å². The predicted molar refractivity (Wildman–Crippen MR) is 72.0 cm³/mol. The minimum atomic E-state index is 0.372. The molecule has 2 heteroatoms. The van der Waals surface area contributed by atoms with Crippen LogP contribution in [0, 0.1) is 13.8 Å². The van der Waals surface area contributed by atoms with Gasteiger partial charge in [-0.2, -0.15) is 0 Å². The van der Waals surface area contributed by atoms with Gasteiger partial charge in [-0.3, -0.25) is 4.79 Å². The third-order valence-electron chi connectivity index (χ3n) is 2.34. The third-order valence-corrected chi connectivity index (χ3v) is 3.41. The first-order valence-corrected chi connectivity index (χ1v) is 6.94. The fourth-order valence-corrected chi connectivity index (χ4v) is 2.66. The molecule has 0 heterocycles. The van der Waals surface area contributed by atoms with Crippen LogP contribution in [0.3, 0.4) is 0 Å². The first kappa shape index (κ1) is 13.3. The van der Waals surface area contributed by atoms with E-state index in [4.69, 9.17) is 0 Å². The van der Waals surface area contributed by atoms with Crippen LogP contribution in [-0.2, 0) is 10.5 Å². The Balaban J connectivity index is 2.40. The van der Waals surface area contributed by atoms with E-state index in [1.165, 1.54) is 16.7 Å². The largest absolute Gasteiger partial charge is 0.299 e. The third kappa shape index (κ3) is 4.84. The van der Waals surface area contributed by atoms with E-state index < -0.39 is 0 Å². The summed E-state index contributed by atoms with van der Waals surface area (Å²) in [6.45, 7) is 6.28. The summed E-state index contributed by atoms with van der Waals surface area (Å²) in [4.78, 5) is 11.3. The molecule has 0 aliphatic rings. The van der Waals surface area contributed by atoms with E-state index >= 15 is 0 Å². The molecule has 1 rings (SSSR count). The van der Waals surface area contributed by atoms with E-state index in [-0.39, 0.29) is 0 Å². The van der Waals surface area contributed by atoms with Crippen LogP contribution in [0.2, 0.25) is 0 Å². The number of thioether (sulfide) groups is 1. The molecule has 0 saturated heterocycles. The van der Waals surface area contributed by atoms with Gasteiger partial charge >= 0.3 is 0 Å². The van der Waals surface area contributed by atoms with Crippen LogP contribution >= 0.6 is 11.8 Å². The molecule has 0 fully saturated rings. The summed E-state index contributed by atoms with van der Waals surface area (Å²) in [6, 6.07) is 6.57. The Kier molecular flexibility index (Phi) is 5.61. The quantitative estimate of drug-likeness (QED) is 0.745. The molecule has 1 nitrogen and oxygen atoms in total. The topological polar surface area (TPSA) is 17.1 Å². The molecule has 0 N–H and O–H groups in total. The highest BCUT2D eigenvalue weighted by Crippen LogP contribution is 2.16. The molecular weight excluding hydrogens is 216 g/mol. The van der Waals surface area contributed by atoms with E-state index in [1.54, 1.807) is 11.8 Å². The van der Waals surface area contributed by atoms with E-state index in [0.29, 0.717) is 11.5 Å². The summed E-state index contributed by atoms with van der Waals surface area (Å²) in [5.74, 6) is 1.97. The van der Waals surface area contributed by atoms with E-state index in [1.807, 2.05) is 6.92 Å². The zero-order valence-corrected chi connectivity index (χ0v) is 11.2. The Morgan fingerprint density at radius 2 is 1.81 bits per heavy atom. The number of ketones is 1. The van der Waals surface area contributed by atoms with Crippen LogP contribution in [-0.4, -0.2) is 11.5 Å². The molecule has 0 aliphatic heterocycles. The molecule has 1 aromatic carbocycles. The highest BCUT2D eigenvalue weighted by Gasteiger charge is 2.01. The lowest BCUT2D eigenvalue weighted by Crippen LogP contribution is -2.00. The lowest BCUT2D eigenvalue weighted by Gasteiger charge is -2.04. The first-order chi connectivity index (χ1) is 7.61. The fourth-order valence-electron chi connectivity index (χ4n) is 1.79. The number of rotatable bonds is 6. The Labute approximate surface area is 103 Å². The average molecular weight is 236 g/mol. The smallest absolute Gasteiger partial charge is 0.142 e. The molecule has 0 unspecified atom stereocenters. The number of Topliss-reactive ketones (excluding diaryl/α,β-unsaturated/α-hetero) is 1. The lowest BCUT2D eigenvalue weighted by molar-refractivity contribution is -0.116. The normalized spacial score (nSPS) is 10.4. The summed E-state index contributed by atoms with van der Waals surface area (Å²) in [6.07, 6.45) is 1.68. The van der Waals surface area contributed by atoms with Gasteiger partial charge < -0.3 is 0 Å². The summed E-state index contributed by atoms with van der Waals surface area (Å²) < 4.78 is 0. The maximum atomic E-state index is 11.3. The predicted octanol–water partition coefficient (Wildman–Crippen LogP) is 3.91. The number of aryl methyl sites for hydroxylation is 2. The van der Waals surface area contributed by atoms with Crippen molar-refractivity contribution in [3.05, 3.63) is 34.9 Å². The SMILES string of the molecule is CCCC(=O)CSCc1cc(C)cc(C)c1. The van der Waals surface area contributed by atoms with Gasteiger partial charge in [0.1, 0.15) is 5.78 Å². The molecule has 1 aromatic rings. The van der Waals surface area contributed by atoms with Gasteiger partial charge in [0.2, 0.25) is 0 Å². The Morgan fingerprint density at radius 3 is 2.38 bits per heavy atom. The Hall–Kier alpha value is -0.760. The van der Waals surface area contributed by atoms with Crippen molar-refractivity contribution in [1.29, 1.82) is 0 Å². The van der Waals surface area contributed by atoms with Crippen LogP contribution in [0.25, 0.3) is 0 Å². The molecule has 0 aromatic heterocycles. The van der Waals surface area contributed by atoms with Gasteiger partial charge in [0.25, 0.3) is 0 Å². The van der Waals surface area contributed by atoms with E-state index in [2.05, 4.69) is 32.0 Å². The molecule has 0 amide bonds. The molecular formula is C14H20OS. The average Bonchev–Trinajstić information content (AvgIpc) is 2.16. The van der Waals surface area contributed by atoms with Gasteiger partial charge in [-0.1, -0.05) is 36.2 Å². The van der Waals surface area contributed by atoms with Gasteiger partial charge in [0, 0.05) is 12.2 Å². The molecule has 16 heavy (non-hydrogen) atoms. The highest BCUT2D eigenvalue weighted by atomic mass is 32.2. The number of carbonyl (C=O) groups excluding carboxylic acids is 1.